The Hall–Kier alpha value is -0.690. The molecule has 0 spiro atoms. The molecule has 2 fully saturated rings. The van der Waals surface area contributed by atoms with Crippen molar-refractivity contribution in [2.45, 2.75) is 57.8 Å². The van der Waals surface area contributed by atoms with Gasteiger partial charge in [-0.15, -0.1) is 0 Å². The summed E-state index contributed by atoms with van der Waals surface area (Å²) < 4.78 is 0. The summed E-state index contributed by atoms with van der Waals surface area (Å²) in [6, 6.07) is 0. The SMILES string of the molecule is C1CCNCC1.NCCCCCO.O.O=C1CCCCN1. The Morgan fingerprint density at radius 3 is 1.90 bits per heavy atom. The number of piperidine rings is 2. The first-order valence-electron chi connectivity index (χ1n) is 8.09. The molecule has 0 radical (unpaired) electrons. The number of unbranched alkanes of at least 4 members (excludes halogenated alkanes) is 2. The van der Waals surface area contributed by atoms with Crippen LogP contribution < -0.4 is 16.4 Å². The summed E-state index contributed by atoms with van der Waals surface area (Å²) in [4.78, 5) is 10.4. The lowest BCUT2D eigenvalue weighted by Gasteiger charge is -2.08. The van der Waals surface area contributed by atoms with E-state index < -0.39 is 0 Å². The number of hydrogen-bond acceptors (Lipinski definition) is 4. The highest BCUT2D eigenvalue weighted by molar-refractivity contribution is 5.76. The average Bonchev–Trinajstić information content (AvgIpc) is 2.52. The minimum Gasteiger partial charge on any atom is -0.412 e. The molecule has 0 aliphatic carbocycles. The van der Waals surface area contributed by atoms with Gasteiger partial charge in [0.05, 0.1) is 0 Å². The number of amides is 1. The van der Waals surface area contributed by atoms with Crippen LogP contribution in [0.5, 0.6) is 0 Å². The Bertz CT molecular complexity index is 189. The molecule has 2 aliphatic rings. The lowest BCUT2D eigenvalue weighted by atomic mass is 10.2. The van der Waals surface area contributed by atoms with E-state index in [4.69, 9.17) is 10.8 Å². The summed E-state index contributed by atoms with van der Waals surface area (Å²) in [5, 5.41) is 14.3. The van der Waals surface area contributed by atoms with Crippen LogP contribution in [0.15, 0.2) is 0 Å². The van der Waals surface area contributed by atoms with Crippen LogP contribution in [0.4, 0.5) is 0 Å². The van der Waals surface area contributed by atoms with Gasteiger partial charge in [0, 0.05) is 19.6 Å². The smallest absolute Gasteiger partial charge is 0.219 e. The van der Waals surface area contributed by atoms with Crippen LogP contribution in [0.3, 0.4) is 0 Å². The van der Waals surface area contributed by atoms with Gasteiger partial charge in [-0.25, -0.2) is 0 Å². The standard InChI is InChI=1S/C5H9NO.C5H13NO.C5H11N.H2O/c7-5-3-1-2-4-6-5;6-4-2-1-3-5-7;1-2-4-6-5-3-1;/h1-4H2,(H,6,7);7H,1-6H2;6H,1-5H2;1H2. The molecule has 0 aromatic rings. The molecule has 1 amide bonds. The van der Waals surface area contributed by atoms with Gasteiger partial charge in [0.15, 0.2) is 0 Å². The van der Waals surface area contributed by atoms with Crippen LogP contribution in [0.2, 0.25) is 0 Å². The van der Waals surface area contributed by atoms with Gasteiger partial charge < -0.3 is 26.9 Å². The third-order valence-electron chi connectivity index (χ3n) is 3.22. The summed E-state index contributed by atoms with van der Waals surface area (Å²) in [5.74, 6) is 0.214. The van der Waals surface area contributed by atoms with Crippen molar-refractivity contribution in [3.8, 4) is 0 Å². The van der Waals surface area contributed by atoms with Crippen molar-refractivity contribution in [1.29, 1.82) is 0 Å². The van der Waals surface area contributed by atoms with E-state index >= 15 is 0 Å². The van der Waals surface area contributed by atoms with Gasteiger partial charge in [-0.1, -0.05) is 6.42 Å². The molecule has 128 valence electrons. The Morgan fingerprint density at radius 1 is 0.952 bits per heavy atom. The number of nitrogens with two attached hydrogens (primary N) is 1. The minimum absolute atomic E-state index is 0. The van der Waals surface area contributed by atoms with Gasteiger partial charge in [-0.2, -0.15) is 0 Å². The molecule has 6 heteroatoms. The molecule has 2 aliphatic heterocycles. The maximum Gasteiger partial charge on any atom is 0.219 e. The Kier molecular flexibility index (Phi) is 20.8. The van der Waals surface area contributed by atoms with Crippen molar-refractivity contribution in [2.75, 3.05) is 32.8 Å². The zero-order chi connectivity index (χ0) is 14.9. The predicted molar refractivity (Wildman–Crippen MR) is 87.2 cm³/mol. The number of carbonyl (C=O) groups excluding carboxylic acids is 1. The lowest BCUT2D eigenvalue weighted by molar-refractivity contribution is -0.122. The van der Waals surface area contributed by atoms with E-state index in [2.05, 4.69) is 10.6 Å². The molecule has 2 rings (SSSR count). The maximum absolute atomic E-state index is 10.4. The second-order valence-electron chi connectivity index (χ2n) is 5.19. The summed E-state index contributed by atoms with van der Waals surface area (Å²) in [7, 11) is 0. The molecule has 0 aromatic heterocycles. The highest BCUT2D eigenvalue weighted by Gasteiger charge is 2.04. The molecule has 0 saturated carbocycles. The molecule has 0 bridgehead atoms. The van der Waals surface area contributed by atoms with Crippen LogP contribution in [0.25, 0.3) is 0 Å². The van der Waals surface area contributed by atoms with Crippen LogP contribution in [0, 0.1) is 0 Å². The normalized spacial score (nSPS) is 17.1. The van der Waals surface area contributed by atoms with E-state index in [1.165, 1.54) is 32.4 Å². The van der Waals surface area contributed by atoms with E-state index in [0.29, 0.717) is 6.61 Å². The second kappa shape index (κ2) is 19.3. The van der Waals surface area contributed by atoms with Crippen LogP contribution >= 0.6 is 0 Å². The minimum atomic E-state index is 0. The van der Waals surface area contributed by atoms with Crippen LogP contribution in [-0.4, -0.2) is 49.3 Å². The quantitative estimate of drug-likeness (QED) is 0.559. The first-order valence-corrected chi connectivity index (χ1v) is 8.09. The van der Waals surface area contributed by atoms with Crippen molar-refractivity contribution < 1.29 is 15.4 Å². The number of hydrogen-bond donors (Lipinski definition) is 4. The first-order chi connectivity index (χ1) is 9.81. The Labute approximate surface area is 129 Å². The van der Waals surface area contributed by atoms with Gasteiger partial charge in [0.25, 0.3) is 0 Å². The predicted octanol–water partition coefficient (Wildman–Crippen LogP) is 0.329. The fraction of sp³-hybridized carbons (Fsp3) is 0.933. The topological polar surface area (TPSA) is 119 Å². The molecule has 2 heterocycles. The van der Waals surface area contributed by atoms with Crippen molar-refractivity contribution >= 4 is 5.91 Å². The van der Waals surface area contributed by atoms with Gasteiger partial charge in [0.2, 0.25) is 5.91 Å². The highest BCUT2D eigenvalue weighted by atomic mass is 16.2. The number of carbonyl (C=O) groups is 1. The van der Waals surface area contributed by atoms with Gasteiger partial charge in [-0.05, 0) is 64.6 Å². The Morgan fingerprint density at radius 2 is 1.62 bits per heavy atom. The molecule has 21 heavy (non-hydrogen) atoms. The van der Waals surface area contributed by atoms with E-state index in [-0.39, 0.29) is 11.4 Å². The van der Waals surface area contributed by atoms with Gasteiger partial charge >= 0.3 is 0 Å². The molecule has 2 saturated heterocycles. The van der Waals surface area contributed by atoms with Crippen molar-refractivity contribution in [1.82, 2.24) is 10.6 Å². The maximum atomic E-state index is 10.4. The van der Waals surface area contributed by atoms with Crippen molar-refractivity contribution in [3.05, 3.63) is 0 Å². The highest BCUT2D eigenvalue weighted by Crippen LogP contribution is 1.98. The summed E-state index contributed by atoms with van der Waals surface area (Å²) in [5.41, 5.74) is 5.19. The largest absolute Gasteiger partial charge is 0.412 e. The number of rotatable bonds is 4. The zero-order valence-electron chi connectivity index (χ0n) is 13.3. The molecule has 7 N–H and O–H groups in total. The third kappa shape index (κ3) is 19.3. The fourth-order valence-corrected chi connectivity index (χ4v) is 1.96. The summed E-state index contributed by atoms with van der Waals surface area (Å²) >= 11 is 0. The molecule has 6 nitrogen and oxygen atoms in total. The summed E-state index contributed by atoms with van der Waals surface area (Å²) in [6.07, 6.45) is 10.2. The lowest BCUT2D eigenvalue weighted by Crippen LogP contribution is -2.28. The molecule has 0 unspecified atom stereocenters. The Balaban J connectivity index is 0. The summed E-state index contributed by atoms with van der Waals surface area (Å²) in [6.45, 7) is 4.44. The van der Waals surface area contributed by atoms with Crippen molar-refractivity contribution in [3.63, 3.8) is 0 Å². The second-order valence-corrected chi connectivity index (χ2v) is 5.19. The molecular weight excluding hydrogens is 270 g/mol. The zero-order valence-corrected chi connectivity index (χ0v) is 13.3. The fourth-order valence-electron chi connectivity index (χ4n) is 1.96. The van der Waals surface area contributed by atoms with E-state index in [9.17, 15) is 4.79 Å². The third-order valence-corrected chi connectivity index (χ3v) is 3.22. The van der Waals surface area contributed by atoms with E-state index in [1.807, 2.05) is 0 Å². The molecule has 0 aromatic carbocycles. The monoisotopic (exact) mass is 305 g/mol. The van der Waals surface area contributed by atoms with E-state index in [1.54, 1.807) is 0 Å². The van der Waals surface area contributed by atoms with Gasteiger partial charge in [-0.3, -0.25) is 4.79 Å². The number of nitrogens with one attached hydrogen (secondary N) is 2. The average molecular weight is 305 g/mol. The first kappa shape index (κ1) is 22.6. The van der Waals surface area contributed by atoms with Crippen molar-refractivity contribution in [2.24, 2.45) is 5.73 Å². The van der Waals surface area contributed by atoms with Crippen LogP contribution in [-0.2, 0) is 4.79 Å². The van der Waals surface area contributed by atoms with Crippen LogP contribution in [0.1, 0.15) is 57.8 Å². The number of aliphatic hydroxyl groups is 1. The number of aliphatic hydroxyl groups excluding tert-OH is 1. The molecule has 0 atom stereocenters. The van der Waals surface area contributed by atoms with Gasteiger partial charge in [0.1, 0.15) is 0 Å². The van der Waals surface area contributed by atoms with E-state index in [0.717, 1.165) is 51.6 Å². The molecular formula is C15H35N3O3.